The number of amides is 2. The standard InChI is InChI=1S/C22H21FN4O2/c1-13-5-7-18(23)17(10-13)19-12-21(26-25-19)24-22(29)16-6-8-20-15(11-16)4-3-9-27(20)14(2)28/h5-8,10-12H,3-4,9H2,1-2H3,(H2,24,25,26,29). The lowest BCUT2D eigenvalue weighted by Crippen LogP contribution is -2.33. The third-order valence-corrected chi connectivity index (χ3v) is 5.07. The highest BCUT2D eigenvalue weighted by Crippen LogP contribution is 2.29. The molecule has 0 spiro atoms. The van der Waals surface area contributed by atoms with Crippen molar-refractivity contribution in [3.8, 4) is 11.3 Å². The largest absolute Gasteiger partial charge is 0.312 e. The minimum absolute atomic E-state index is 0.00409. The number of halogens is 1. The van der Waals surface area contributed by atoms with E-state index >= 15 is 0 Å². The van der Waals surface area contributed by atoms with Crippen LogP contribution in [0, 0.1) is 12.7 Å². The molecule has 2 aromatic carbocycles. The highest BCUT2D eigenvalue weighted by Gasteiger charge is 2.21. The molecule has 0 bridgehead atoms. The molecule has 0 radical (unpaired) electrons. The number of benzene rings is 2. The first-order valence-corrected chi connectivity index (χ1v) is 9.46. The number of rotatable bonds is 3. The Kier molecular flexibility index (Phi) is 4.88. The Hall–Kier alpha value is -3.48. The SMILES string of the molecule is CC(=O)N1CCCc2cc(C(=O)Nc3cc(-c4cc(C)ccc4F)[nH]n3)ccc21. The number of hydrogen-bond acceptors (Lipinski definition) is 3. The summed E-state index contributed by atoms with van der Waals surface area (Å²) in [5.41, 5.74) is 4.14. The van der Waals surface area contributed by atoms with Gasteiger partial charge in [0.05, 0.1) is 5.69 Å². The van der Waals surface area contributed by atoms with Gasteiger partial charge in [-0.05, 0) is 55.7 Å². The molecular weight excluding hydrogens is 371 g/mol. The van der Waals surface area contributed by atoms with Gasteiger partial charge < -0.3 is 10.2 Å². The first kappa shape index (κ1) is 18.9. The molecule has 1 aliphatic rings. The lowest BCUT2D eigenvalue weighted by molar-refractivity contribution is -0.116. The van der Waals surface area contributed by atoms with E-state index in [0.29, 0.717) is 29.2 Å². The Morgan fingerprint density at radius 2 is 2.00 bits per heavy atom. The maximum atomic E-state index is 14.1. The summed E-state index contributed by atoms with van der Waals surface area (Å²) < 4.78 is 14.1. The van der Waals surface area contributed by atoms with Crippen molar-refractivity contribution in [3.63, 3.8) is 0 Å². The third kappa shape index (κ3) is 3.76. The van der Waals surface area contributed by atoms with E-state index in [4.69, 9.17) is 0 Å². The van der Waals surface area contributed by atoms with Gasteiger partial charge in [-0.3, -0.25) is 14.7 Å². The van der Waals surface area contributed by atoms with E-state index in [1.54, 1.807) is 36.1 Å². The van der Waals surface area contributed by atoms with Crippen LogP contribution in [-0.2, 0) is 11.2 Å². The number of aromatic nitrogens is 2. The van der Waals surface area contributed by atoms with Crippen LogP contribution in [0.5, 0.6) is 0 Å². The first-order chi connectivity index (χ1) is 13.9. The number of anilines is 2. The fourth-order valence-corrected chi connectivity index (χ4v) is 3.62. The van der Waals surface area contributed by atoms with Crippen LogP contribution in [-0.4, -0.2) is 28.6 Å². The molecule has 0 fully saturated rings. The topological polar surface area (TPSA) is 78.1 Å². The van der Waals surface area contributed by atoms with Gasteiger partial charge >= 0.3 is 0 Å². The number of nitrogens with zero attached hydrogens (tertiary/aromatic N) is 2. The van der Waals surface area contributed by atoms with Crippen LogP contribution >= 0.6 is 0 Å². The lowest BCUT2D eigenvalue weighted by Gasteiger charge is -2.28. The Bertz CT molecular complexity index is 1110. The van der Waals surface area contributed by atoms with Gasteiger partial charge in [0.1, 0.15) is 5.82 Å². The van der Waals surface area contributed by atoms with Gasteiger partial charge in [0.2, 0.25) is 5.91 Å². The quantitative estimate of drug-likeness (QED) is 0.705. The molecule has 0 unspecified atom stereocenters. The van der Waals surface area contributed by atoms with Crippen molar-refractivity contribution in [1.82, 2.24) is 10.2 Å². The molecule has 1 aliphatic heterocycles. The van der Waals surface area contributed by atoms with Crippen LogP contribution in [0.25, 0.3) is 11.3 Å². The number of nitrogens with one attached hydrogen (secondary N) is 2. The second-order valence-electron chi connectivity index (χ2n) is 7.22. The fraction of sp³-hybridized carbons (Fsp3) is 0.227. The molecule has 6 nitrogen and oxygen atoms in total. The summed E-state index contributed by atoms with van der Waals surface area (Å²) in [6.07, 6.45) is 1.68. The van der Waals surface area contributed by atoms with Crippen molar-refractivity contribution in [3.05, 3.63) is 65.0 Å². The zero-order chi connectivity index (χ0) is 20.5. The number of fused-ring (bicyclic) bond motifs is 1. The highest BCUT2D eigenvalue weighted by atomic mass is 19.1. The molecule has 0 aliphatic carbocycles. The van der Waals surface area contributed by atoms with E-state index in [1.807, 2.05) is 19.1 Å². The molecule has 2 heterocycles. The fourth-order valence-electron chi connectivity index (χ4n) is 3.62. The van der Waals surface area contributed by atoms with E-state index in [9.17, 15) is 14.0 Å². The molecule has 0 saturated carbocycles. The maximum Gasteiger partial charge on any atom is 0.256 e. The van der Waals surface area contributed by atoms with Crippen LogP contribution in [0.3, 0.4) is 0 Å². The Morgan fingerprint density at radius 3 is 2.79 bits per heavy atom. The van der Waals surface area contributed by atoms with Gasteiger partial charge in [-0.2, -0.15) is 5.10 Å². The van der Waals surface area contributed by atoms with Gasteiger partial charge in [0.25, 0.3) is 5.91 Å². The van der Waals surface area contributed by atoms with Crippen molar-refractivity contribution in [1.29, 1.82) is 0 Å². The first-order valence-electron chi connectivity index (χ1n) is 9.46. The second-order valence-corrected chi connectivity index (χ2v) is 7.22. The van der Waals surface area contributed by atoms with E-state index < -0.39 is 0 Å². The molecule has 1 aromatic heterocycles. The average Bonchev–Trinajstić information content (AvgIpc) is 3.17. The van der Waals surface area contributed by atoms with Crippen LogP contribution < -0.4 is 10.2 Å². The molecular formula is C22H21FN4O2. The number of aryl methyl sites for hydroxylation is 2. The average molecular weight is 392 g/mol. The summed E-state index contributed by atoms with van der Waals surface area (Å²) in [7, 11) is 0. The van der Waals surface area contributed by atoms with Gasteiger partial charge in [-0.1, -0.05) is 11.6 Å². The summed E-state index contributed by atoms with van der Waals surface area (Å²) in [4.78, 5) is 26.2. The van der Waals surface area contributed by atoms with E-state index in [0.717, 1.165) is 29.7 Å². The monoisotopic (exact) mass is 392 g/mol. The van der Waals surface area contributed by atoms with Crippen molar-refractivity contribution in [2.75, 3.05) is 16.8 Å². The highest BCUT2D eigenvalue weighted by molar-refractivity contribution is 6.05. The number of hydrogen-bond donors (Lipinski definition) is 2. The summed E-state index contributed by atoms with van der Waals surface area (Å²) >= 11 is 0. The summed E-state index contributed by atoms with van der Waals surface area (Å²) in [5.74, 6) is -0.359. The third-order valence-electron chi connectivity index (χ3n) is 5.07. The van der Waals surface area contributed by atoms with Gasteiger partial charge in [-0.15, -0.1) is 0 Å². The van der Waals surface area contributed by atoms with Gasteiger partial charge in [0.15, 0.2) is 5.82 Å². The number of carbonyl (C=O) groups excluding carboxylic acids is 2. The number of aromatic amines is 1. The summed E-state index contributed by atoms with van der Waals surface area (Å²) in [6.45, 7) is 4.12. The number of carbonyl (C=O) groups is 2. The molecule has 3 aromatic rings. The molecule has 29 heavy (non-hydrogen) atoms. The van der Waals surface area contributed by atoms with Crippen molar-refractivity contribution in [2.24, 2.45) is 0 Å². The van der Waals surface area contributed by atoms with Crippen molar-refractivity contribution >= 4 is 23.3 Å². The van der Waals surface area contributed by atoms with Crippen LogP contribution in [0.1, 0.15) is 34.8 Å². The Morgan fingerprint density at radius 1 is 1.17 bits per heavy atom. The van der Waals surface area contributed by atoms with Crippen LogP contribution in [0.2, 0.25) is 0 Å². The minimum atomic E-state index is -0.359. The van der Waals surface area contributed by atoms with Crippen molar-refractivity contribution in [2.45, 2.75) is 26.7 Å². The van der Waals surface area contributed by atoms with E-state index in [1.165, 1.54) is 6.07 Å². The molecule has 4 rings (SSSR count). The van der Waals surface area contributed by atoms with E-state index in [2.05, 4.69) is 15.5 Å². The smallest absolute Gasteiger partial charge is 0.256 e. The predicted molar refractivity (Wildman–Crippen MR) is 109 cm³/mol. The molecule has 148 valence electrons. The van der Waals surface area contributed by atoms with Gasteiger partial charge in [0, 0.05) is 36.3 Å². The van der Waals surface area contributed by atoms with Crippen LogP contribution in [0.15, 0.2) is 42.5 Å². The molecule has 2 N–H and O–H groups in total. The minimum Gasteiger partial charge on any atom is -0.312 e. The lowest BCUT2D eigenvalue weighted by atomic mass is 9.99. The number of H-pyrrole nitrogens is 1. The molecule has 0 saturated heterocycles. The summed E-state index contributed by atoms with van der Waals surface area (Å²) in [5, 5.41) is 9.58. The zero-order valence-electron chi connectivity index (χ0n) is 16.3. The Labute approximate surface area is 167 Å². The van der Waals surface area contributed by atoms with E-state index in [-0.39, 0.29) is 17.6 Å². The van der Waals surface area contributed by atoms with Crippen molar-refractivity contribution < 1.29 is 14.0 Å². The summed E-state index contributed by atoms with van der Waals surface area (Å²) in [6, 6.07) is 11.7. The zero-order valence-corrected chi connectivity index (χ0v) is 16.3. The normalized spacial score (nSPS) is 13.1. The van der Waals surface area contributed by atoms with Gasteiger partial charge in [-0.25, -0.2) is 4.39 Å². The van der Waals surface area contributed by atoms with Crippen LogP contribution in [0.4, 0.5) is 15.9 Å². The maximum absolute atomic E-state index is 14.1. The molecule has 0 atom stereocenters. The Balaban J connectivity index is 1.54. The predicted octanol–water partition coefficient (Wildman–Crippen LogP) is 4.08. The second kappa shape index (κ2) is 7.50. The molecule has 7 heteroatoms. The molecule has 2 amide bonds.